The van der Waals surface area contributed by atoms with Gasteiger partial charge < -0.3 is 19.4 Å². The second-order valence-electron chi connectivity index (χ2n) is 6.84. The minimum absolute atomic E-state index is 0.301. The molecule has 2 unspecified atom stereocenters. The van der Waals surface area contributed by atoms with Crippen LogP contribution in [0.1, 0.15) is 39.8 Å². The van der Waals surface area contributed by atoms with Crippen LogP contribution in [0.3, 0.4) is 0 Å². The summed E-state index contributed by atoms with van der Waals surface area (Å²) in [5.41, 5.74) is 0.653. The highest BCUT2D eigenvalue weighted by Gasteiger charge is 2.25. The molecule has 2 heterocycles. The highest BCUT2D eigenvalue weighted by atomic mass is 16.6. The first-order valence-electron chi connectivity index (χ1n) is 7.92. The van der Waals surface area contributed by atoms with Crippen LogP contribution in [0.4, 0.5) is 4.79 Å². The molecule has 1 aromatic rings. The zero-order valence-electron chi connectivity index (χ0n) is 14.0. The van der Waals surface area contributed by atoms with Crippen LogP contribution < -0.4 is 5.32 Å². The number of hydrogen-bond donors (Lipinski definition) is 1. The predicted octanol–water partition coefficient (Wildman–Crippen LogP) is 2.38. The lowest BCUT2D eigenvalue weighted by Gasteiger charge is -2.20. The highest BCUT2D eigenvalue weighted by Crippen LogP contribution is 2.22. The fourth-order valence-electron chi connectivity index (χ4n) is 2.60. The van der Waals surface area contributed by atoms with Crippen molar-refractivity contribution in [2.24, 2.45) is 5.92 Å². The molecule has 0 radical (unpaired) electrons. The first kappa shape index (κ1) is 16.8. The number of carbonyl (C=O) groups is 1. The monoisotopic (exact) mass is 309 g/mol. The molecule has 1 amide bonds. The summed E-state index contributed by atoms with van der Waals surface area (Å²) in [4.78, 5) is 15.8. The van der Waals surface area contributed by atoms with Gasteiger partial charge in [-0.2, -0.15) is 0 Å². The zero-order valence-corrected chi connectivity index (χ0v) is 14.0. The van der Waals surface area contributed by atoms with Crippen LogP contribution in [0, 0.1) is 5.92 Å². The molecule has 1 aliphatic rings. The average Bonchev–Trinajstić information content (AvgIpc) is 2.98. The van der Waals surface area contributed by atoms with E-state index in [-0.39, 0.29) is 6.09 Å². The van der Waals surface area contributed by atoms with Gasteiger partial charge in [0.25, 0.3) is 0 Å². The maximum atomic E-state index is 11.6. The van der Waals surface area contributed by atoms with Gasteiger partial charge in [0.1, 0.15) is 5.60 Å². The molecule has 124 valence electrons. The summed E-state index contributed by atoms with van der Waals surface area (Å²) in [5, 5.41) is 2.78. The largest absolute Gasteiger partial charge is 0.444 e. The molecule has 2 atom stereocenters. The molecule has 0 spiro atoms. The summed E-state index contributed by atoms with van der Waals surface area (Å²) in [5.74, 6) is 0.534. The number of hydrogen-bond acceptors (Lipinski definition) is 4. The predicted molar refractivity (Wildman–Crippen MR) is 83.7 cm³/mol. The van der Waals surface area contributed by atoms with Crippen molar-refractivity contribution in [2.75, 3.05) is 13.2 Å². The van der Waals surface area contributed by atoms with Gasteiger partial charge >= 0.3 is 6.09 Å². The Labute approximate surface area is 132 Å². The molecule has 1 fully saturated rings. The maximum Gasteiger partial charge on any atom is 0.407 e. The summed E-state index contributed by atoms with van der Waals surface area (Å²) < 4.78 is 13.0. The number of imidazole rings is 1. The maximum absolute atomic E-state index is 11.6. The molecule has 1 saturated heterocycles. The van der Waals surface area contributed by atoms with Gasteiger partial charge in [0.2, 0.25) is 0 Å². The second-order valence-corrected chi connectivity index (χ2v) is 6.84. The van der Waals surface area contributed by atoms with E-state index in [9.17, 15) is 4.79 Å². The summed E-state index contributed by atoms with van der Waals surface area (Å²) in [6, 6.07) is 0. The summed E-state index contributed by atoms with van der Waals surface area (Å²) >= 11 is 0. The smallest absolute Gasteiger partial charge is 0.407 e. The second kappa shape index (κ2) is 7.13. The minimum atomic E-state index is -0.468. The van der Waals surface area contributed by atoms with Crippen LogP contribution in [0.15, 0.2) is 12.5 Å². The van der Waals surface area contributed by atoms with Crippen molar-refractivity contribution in [3.63, 3.8) is 0 Å². The van der Waals surface area contributed by atoms with Crippen molar-refractivity contribution < 1.29 is 14.3 Å². The van der Waals surface area contributed by atoms with Crippen LogP contribution in [-0.2, 0) is 22.4 Å². The minimum Gasteiger partial charge on any atom is -0.444 e. The van der Waals surface area contributed by atoms with E-state index < -0.39 is 5.60 Å². The molecule has 0 bridgehead atoms. The normalized spacial score (nSPS) is 21.8. The number of amides is 1. The summed E-state index contributed by atoms with van der Waals surface area (Å²) in [6.07, 6.45) is 5.47. The van der Waals surface area contributed by atoms with Crippen molar-refractivity contribution in [3.8, 4) is 0 Å². The Hall–Kier alpha value is -1.56. The van der Waals surface area contributed by atoms with Crippen LogP contribution in [0.2, 0.25) is 0 Å². The molecule has 6 heteroatoms. The topological polar surface area (TPSA) is 65.4 Å². The third-order valence-electron chi connectivity index (χ3n) is 3.81. The molecule has 0 aromatic carbocycles. The van der Waals surface area contributed by atoms with Crippen LogP contribution >= 0.6 is 0 Å². The molecular weight excluding hydrogens is 282 g/mol. The van der Waals surface area contributed by atoms with Crippen LogP contribution in [0.25, 0.3) is 0 Å². The first-order valence-corrected chi connectivity index (χ1v) is 7.92. The van der Waals surface area contributed by atoms with Crippen molar-refractivity contribution in [1.29, 1.82) is 0 Å². The third-order valence-corrected chi connectivity index (χ3v) is 3.81. The Morgan fingerprint density at radius 2 is 2.32 bits per heavy atom. The molecule has 1 aromatic heterocycles. The number of alkyl carbamates (subject to hydrolysis) is 1. The molecule has 1 N–H and O–H groups in total. The molecular formula is C16H27N3O3. The third kappa shape index (κ3) is 5.02. The number of nitrogens with one attached hydrogen (secondary N) is 1. The van der Waals surface area contributed by atoms with Gasteiger partial charge in [-0.1, -0.05) is 0 Å². The van der Waals surface area contributed by atoms with Crippen molar-refractivity contribution >= 4 is 6.09 Å². The van der Waals surface area contributed by atoms with Gasteiger partial charge in [0.05, 0.1) is 12.4 Å². The Balaban J connectivity index is 1.79. The van der Waals surface area contributed by atoms with Gasteiger partial charge in [-0.25, -0.2) is 9.78 Å². The highest BCUT2D eigenvalue weighted by molar-refractivity contribution is 5.67. The van der Waals surface area contributed by atoms with E-state index in [2.05, 4.69) is 21.8 Å². The molecule has 1 aliphatic heterocycles. The molecule has 6 nitrogen and oxygen atoms in total. The standard InChI is InChI=1S/C16H27N3O3/c1-12-13(6-8-21-12)10-19-11-17-9-14(19)5-7-18-15(20)22-16(2,3)4/h9,11-13H,5-8,10H2,1-4H3,(H,18,20). The number of rotatable bonds is 5. The molecule has 0 aliphatic carbocycles. The Bertz CT molecular complexity index is 493. The average molecular weight is 309 g/mol. The van der Waals surface area contributed by atoms with Gasteiger partial charge in [-0.3, -0.25) is 0 Å². The van der Waals surface area contributed by atoms with E-state index in [1.165, 1.54) is 0 Å². The van der Waals surface area contributed by atoms with Crippen molar-refractivity contribution in [1.82, 2.24) is 14.9 Å². The van der Waals surface area contributed by atoms with Gasteiger partial charge in [-0.05, 0) is 34.1 Å². The van der Waals surface area contributed by atoms with Gasteiger partial charge in [0, 0.05) is 43.9 Å². The van der Waals surface area contributed by atoms with Crippen molar-refractivity contribution in [2.45, 2.75) is 58.8 Å². The fraction of sp³-hybridized carbons (Fsp3) is 0.750. The number of nitrogens with zero attached hydrogens (tertiary/aromatic N) is 2. The van der Waals surface area contributed by atoms with Crippen LogP contribution in [0.5, 0.6) is 0 Å². The lowest BCUT2D eigenvalue weighted by atomic mass is 10.0. The first-order chi connectivity index (χ1) is 10.3. The summed E-state index contributed by atoms with van der Waals surface area (Å²) in [7, 11) is 0. The van der Waals surface area contributed by atoms with E-state index in [1.54, 1.807) is 0 Å². The van der Waals surface area contributed by atoms with E-state index >= 15 is 0 Å². The Kier molecular flexibility index (Phi) is 5.45. The molecule has 0 saturated carbocycles. The van der Waals surface area contributed by atoms with Gasteiger partial charge in [-0.15, -0.1) is 0 Å². The van der Waals surface area contributed by atoms with E-state index in [0.29, 0.717) is 18.6 Å². The SMILES string of the molecule is CC1OCCC1Cn1cncc1CCNC(=O)OC(C)(C)C. The number of ether oxygens (including phenoxy) is 2. The fourth-order valence-corrected chi connectivity index (χ4v) is 2.60. The van der Waals surface area contributed by atoms with Crippen LogP contribution in [-0.4, -0.2) is 40.5 Å². The summed E-state index contributed by atoms with van der Waals surface area (Å²) in [6.45, 7) is 9.99. The van der Waals surface area contributed by atoms with E-state index in [4.69, 9.17) is 9.47 Å². The zero-order chi connectivity index (χ0) is 16.2. The quantitative estimate of drug-likeness (QED) is 0.907. The number of aromatic nitrogens is 2. The van der Waals surface area contributed by atoms with E-state index in [1.807, 2.05) is 33.3 Å². The van der Waals surface area contributed by atoms with Gasteiger partial charge in [0.15, 0.2) is 0 Å². The number of carbonyl (C=O) groups excluding carboxylic acids is 1. The lowest BCUT2D eigenvalue weighted by molar-refractivity contribution is 0.0528. The Morgan fingerprint density at radius 3 is 2.95 bits per heavy atom. The molecule has 2 rings (SSSR count). The van der Waals surface area contributed by atoms with E-state index in [0.717, 1.165) is 31.7 Å². The molecule has 22 heavy (non-hydrogen) atoms. The lowest BCUT2D eigenvalue weighted by Crippen LogP contribution is -2.33. The van der Waals surface area contributed by atoms with Crippen molar-refractivity contribution in [3.05, 3.63) is 18.2 Å². The Morgan fingerprint density at radius 1 is 1.55 bits per heavy atom.